The molecular weight excluding hydrogens is 388 g/mol. The van der Waals surface area contributed by atoms with Crippen LogP contribution in [0.5, 0.6) is 5.75 Å². The van der Waals surface area contributed by atoms with E-state index in [0.717, 1.165) is 42.3 Å². The molecule has 0 aliphatic carbocycles. The molecule has 0 aromatic heterocycles. The molecule has 168 valence electrons. The second-order valence-corrected chi connectivity index (χ2v) is 8.12. The first kappa shape index (κ1) is 24.3. The zero-order valence-electron chi connectivity index (χ0n) is 19.4. The van der Waals surface area contributed by atoms with Gasteiger partial charge in [0.05, 0.1) is 13.2 Å². The Morgan fingerprint density at radius 1 is 1.06 bits per heavy atom. The second-order valence-electron chi connectivity index (χ2n) is 8.12. The number of hydrogen-bond acceptors (Lipinski definition) is 3. The van der Waals surface area contributed by atoms with Crippen molar-refractivity contribution in [3.05, 3.63) is 65.2 Å². The largest absolute Gasteiger partial charge is 0.493 e. The Morgan fingerprint density at radius 2 is 1.81 bits per heavy atom. The number of carbonyl (C=O) groups is 1. The number of guanidine groups is 1. The van der Waals surface area contributed by atoms with Gasteiger partial charge < -0.3 is 20.3 Å². The molecule has 0 heterocycles. The van der Waals surface area contributed by atoms with Crippen molar-refractivity contribution < 1.29 is 9.53 Å². The van der Waals surface area contributed by atoms with Gasteiger partial charge in [0, 0.05) is 32.7 Å². The molecule has 1 amide bonds. The molecule has 0 atom stereocenters. The van der Waals surface area contributed by atoms with Gasteiger partial charge >= 0.3 is 0 Å². The molecule has 2 rings (SSSR count). The highest BCUT2D eigenvalue weighted by molar-refractivity contribution is 5.94. The summed E-state index contributed by atoms with van der Waals surface area (Å²) in [5.74, 6) is 2.17. The first-order valence-corrected chi connectivity index (χ1v) is 10.9. The molecule has 0 aliphatic heterocycles. The van der Waals surface area contributed by atoms with E-state index in [9.17, 15) is 4.79 Å². The molecule has 31 heavy (non-hydrogen) atoms. The van der Waals surface area contributed by atoms with Crippen LogP contribution in [0.3, 0.4) is 0 Å². The predicted octanol–water partition coefficient (Wildman–Crippen LogP) is 3.72. The van der Waals surface area contributed by atoms with Crippen molar-refractivity contribution in [1.82, 2.24) is 15.5 Å². The van der Waals surface area contributed by atoms with Gasteiger partial charge in [0.25, 0.3) is 5.91 Å². The van der Waals surface area contributed by atoms with Crippen molar-refractivity contribution in [1.29, 1.82) is 0 Å². The number of benzene rings is 2. The highest BCUT2D eigenvalue weighted by Crippen LogP contribution is 2.15. The third-order valence-corrected chi connectivity index (χ3v) is 4.53. The highest BCUT2D eigenvalue weighted by atomic mass is 16.5. The Labute approximate surface area is 186 Å². The molecule has 0 spiro atoms. The van der Waals surface area contributed by atoms with Gasteiger partial charge in [-0.25, -0.2) is 4.99 Å². The first-order chi connectivity index (χ1) is 14.9. The van der Waals surface area contributed by atoms with Crippen molar-refractivity contribution in [2.75, 3.05) is 33.8 Å². The smallest absolute Gasteiger partial charge is 0.253 e. The Bertz CT molecular complexity index is 862. The molecule has 2 aromatic rings. The lowest BCUT2D eigenvalue weighted by atomic mass is 10.1. The summed E-state index contributed by atoms with van der Waals surface area (Å²) in [7, 11) is 3.53. The minimum absolute atomic E-state index is 0.0179. The van der Waals surface area contributed by atoms with Crippen LogP contribution in [0.2, 0.25) is 0 Å². The molecule has 0 bridgehead atoms. The van der Waals surface area contributed by atoms with Crippen LogP contribution in [0.4, 0.5) is 0 Å². The maximum Gasteiger partial charge on any atom is 0.253 e. The lowest BCUT2D eigenvalue weighted by Crippen LogP contribution is -2.38. The summed E-state index contributed by atoms with van der Waals surface area (Å²) >= 11 is 0. The third kappa shape index (κ3) is 8.70. The van der Waals surface area contributed by atoms with Gasteiger partial charge in [-0.15, -0.1) is 0 Å². The number of nitrogens with one attached hydrogen (secondary N) is 2. The molecule has 6 nitrogen and oxygen atoms in total. The topological polar surface area (TPSA) is 66.0 Å². The fourth-order valence-electron chi connectivity index (χ4n) is 2.95. The number of amides is 1. The third-order valence-electron chi connectivity index (χ3n) is 4.53. The first-order valence-electron chi connectivity index (χ1n) is 10.9. The van der Waals surface area contributed by atoms with E-state index >= 15 is 0 Å². The van der Waals surface area contributed by atoms with Crippen molar-refractivity contribution in [2.24, 2.45) is 10.9 Å². The lowest BCUT2D eigenvalue weighted by molar-refractivity contribution is 0.0827. The van der Waals surface area contributed by atoms with E-state index in [2.05, 4.69) is 30.5 Å². The number of hydrogen-bond donors (Lipinski definition) is 2. The summed E-state index contributed by atoms with van der Waals surface area (Å²) in [4.78, 5) is 18.4. The highest BCUT2D eigenvalue weighted by Gasteiger charge is 2.08. The van der Waals surface area contributed by atoms with Crippen LogP contribution < -0.4 is 15.4 Å². The van der Waals surface area contributed by atoms with E-state index in [4.69, 9.17) is 9.73 Å². The number of aliphatic imine (C=N–C) groups is 1. The van der Waals surface area contributed by atoms with Crippen LogP contribution in [-0.4, -0.2) is 50.6 Å². The van der Waals surface area contributed by atoms with E-state index in [1.54, 1.807) is 19.0 Å². The molecule has 6 heteroatoms. The average molecular weight is 425 g/mol. The maximum atomic E-state index is 12.2. The Hall–Kier alpha value is -3.02. The maximum absolute atomic E-state index is 12.2. The predicted molar refractivity (Wildman–Crippen MR) is 128 cm³/mol. The summed E-state index contributed by atoms with van der Waals surface area (Å²) in [6, 6.07) is 15.9. The molecule has 0 radical (unpaired) electrons. The fourth-order valence-corrected chi connectivity index (χ4v) is 2.95. The molecule has 0 saturated carbocycles. The van der Waals surface area contributed by atoms with Crippen LogP contribution >= 0.6 is 0 Å². The van der Waals surface area contributed by atoms with Crippen LogP contribution in [-0.2, 0) is 13.0 Å². The van der Waals surface area contributed by atoms with Crippen LogP contribution in [0.15, 0.2) is 53.5 Å². The monoisotopic (exact) mass is 424 g/mol. The minimum Gasteiger partial charge on any atom is -0.493 e. The molecule has 0 aliphatic rings. The summed E-state index contributed by atoms with van der Waals surface area (Å²) in [5, 5.41) is 6.66. The number of rotatable bonds is 10. The SMILES string of the molecule is CCNC(=NCc1cccc(OCC(C)C)c1)NCCc1cccc(C(=O)N(C)C)c1. The van der Waals surface area contributed by atoms with Crippen LogP contribution in [0, 0.1) is 5.92 Å². The van der Waals surface area contributed by atoms with Gasteiger partial charge in [-0.2, -0.15) is 0 Å². The molecule has 2 N–H and O–H groups in total. The average Bonchev–Trinajstić information content (AvgIpc) is 2.76. The van der Waals surface area contributed by atoms with Gasteiger partial charge in [-0.05, 0) is 54.7 Å². The summed E-state index contributed by atoms with van der Waals surface area (Å²) < 4.78 is 5.81. The van der Waals surface area contributed by atoms with Crippen molar-refractivity contribution in [3.63, 3.8) is 0 Å². The summed E-state index contributed by atoms with van der Waals surface area (Å²) in [6.45, 7) is 9.12. The van der Waals surface area contributed by atoms with Crippen molar-refractivity contribution >= 4 is 11.9 Å². The molecular formula is C25H36N4O2. The van der Waals surface area contributed by atoms with Crippen molar-refractivity contribution in [3.8, 4) is 5.75 Å². The van der Waals surface area contributed by atoms with E-state index in [1.165, 1.54) is 0 Å². The molecule has 2 aromatic carbocycles. The normalized spacial score (nSPS) is 11.4. The van der Waals surface area contributed by atoms with E-state index in [1.807, 2.05) is 49.4 Å². The van der Waals surface area contributed by atoms with Gasteiger partial charge in [0.15, 0.2) is 5.96 Å². The lowest BCUT2D eigenvalue weighted by Gasteiger charge is -2.13. The van der Waals surface area contributed by atoms with Crippen molar-refractivity contribution in [2.45, 2.75) is 33.7 Å². The quantitative estimate of drug-likeness (QED) is 0.451. The van der Waals surface area contributed by atoms with E-state index in [-0.39, 0.29) is 5.91 Å². The molecule has 0 saturated heterocycles. The standard InChI is InChI=1S/C25H36N4O2/c1-6-26-25(28-17-21-10-8-12-23(16-21)31-18-19(2)3)27-14-13-20-9-7-11-22(15-20)24(30)29(4)5/h7-12,15-16,19H,6,13-14,17-18H2,1-5H3,(H2,26,27,28). The fraction of sp³-hybridized carbons (Fsp3) is 0.440. The van der Waals surface area contributed by atoms with E-state index < -0.39 is 0 Å². The van der Waals surface area contributed by atoms with E-state index in [0.29, 0.717) is 24.6 Å². The number of nitrogens with zero attached hydrogens (tertiary/aromatic N) is 2. The number of carbonyl (C=O) groups excluding carboxylic acids is 1. The van der Waals surface area contributed by atoms with Gasteiger partial charge in [-0.3, -0.25) is 4.79 Å². The zero-order valence-corrected chi connectivity index (χ0v) is 19.4. The van der Waals surface area contributed by atoms with Gasteiger partial charge in [0.1, 0.15) is 5.75 Å². The molecule has 0 unspecified atom stereocenters. The Morgan fingerprint density at radius 3 is 2.52 bits per heavy atom. The van der Waals surface area contributed by atoms with Gasteiger partial charge in [0.2, 0.25) is 0 Å². The number of ether oxygens (including phenoxy) is 1. The second kappa shape index (κ2) is 12.6. The Kier molecular flexibility index (Phi) is 9.88. The van der Waals surface area contributed by atoms with Gasteiger partial charge in [-0.1, -0.05) is 38.1 Å². The zero-order chi connectivity index (χ0) is 22.6. The minimum atomic E-state index is 0.0179. The Balaban J connectivity index is 1.93. The van der Waals surface area contributed by atoms with Crippen LogP contribution in [0.25, 0.3) is 0 Å². The summed E-state index contributed by atoms with van der Waals surface area (Å²) in [6.07, 6.45) is 0.803. The molecule has 0 fully saturated rings. The van der Waals surface area contributed by atoms with Crippen LogP contribution in [0.1, 0.15) is 42.3 Å². The summed E-state index contributed by atoms with van der Waals surface area (Å²) in [5.41, 5.74) is 2.93.